The molecule has 0 bridgehead atoms. The SMILES string of the molecule is C=CC(C)Nc1cnn(C(C)C)c(=O)c1Cl. The second-order valence-corrected chi connectivity index (χ2v) is 4.26. The summed E-state index contributed by atoms with van der Waals surface area (Å²) in [7, 11) is 0. The third-order valence-corrected chi connectivity index (χ3v) is 2.53. The summed E-state index contributed by atoms with van der Waals surface area (Å²) < 4.78 is 1.35. The number of anilines is 1. The van der Waals surface area contributed by atoms with Crippen LogP contribution < -0.4 is 10.9 Å². The Bertz CT molecular complexity index is 439. The van der Waals surface area contributed by atoms with Gasteiger partial charge < -0.3 is 5.32 Å². The first kappa shape index (κ1) is 12.8. The molecule has 0 saturated carbocycles. The predicted octanol–water partition coefficient (Wildman–Crippen LogP) is 2.46. The number of halogens is 1. The van der Waals surface area contributed by atoms with Crippen LogP contribution in [0.15, 0.2) is 23.6 Å². The lowest BCUT2D eigenvalue weighted by molar-refractivity contribution is 0.503. The maximum atomic E-state index is 11.8. The van der Waals surface area contributed by atoms with Crippen LogP contribution in [-0.2, 0) is 0 Å². The van der Waals surface area contributed by atoms with Crippen LogP contribution in [0, 0.1) is 0 Å². The molecule has 1 aromatic heterocycles. The fraction of sp³-hybridized carbons (Fsp3) is 0.455. The van der Waals surface area contributed by atoms with Crippen molar-refractivity contribution in [3.63, 3.8) is 0 Å². The first-order valence-electron chi connectivity index (χ1n) is 5.13. The molecule has 0 saturated heterocycles. The van der Waals surface area contributed by atoms with Crippen LogP contribution in [0.4, 0.5) is 5.69 Å². The van der Waals surface area contributed by atoms with Gasteiger partial charge in [0.2, 0.25) is 0 Å². The molecule has 1 N–H and O–H groups in total. The summed E-state index contributed by atoms with van der Waals surface area (Å²) >= 11 is 5.97. The number of rotatable bonds is 4. The second kappa shape index (κ2) is 5.16. The Kier molecular flexibility index (Phi) is 4.12. The Morgan fingerprint density at radius 3 is 2.69 bits per heavy atom. The van der Waals surface area contributed by atoms with E-state index in [-0.39, 0.29) is 22.7 Å². The van der Waals surface area contributed by atoms with Gasteiger partial charge in [0.1, 0.15) is 5.02 Å². The summed E-state index contributed by atoms with van der Waals surface area (Å²) in [5.74, 6) is 0. The lowest BCUT2D eigenvalue weighted by atomic mass is 10.3. The first-order valence-corrected chi connectivity index (χ1v) is 5.51. The molecule has 1 heterocycles. The van der Waals surface area contributed by atoms with E-state index >= 15 is 0 Å². The minimum absolute atomic E-state index is 0.00382. The van der Waals surface area contributed by atoms with Crippen molar-refractivity contribution in [2.45, 2.75) is 32.9 Å². The van der Waals surface area contributed by atoms with Crippen LogP contribution in [0.5, 0.6) is 0 Å². The average molecular weight is 242 g/mol. The minimum Gasteiger partial charge on any atom is -0.376 e. The minimum atomic E-state index is -0.280. The monoisotopic (exact) mass is 241 g/mol. The van der Waals surface area contributed by atoms with Crippen LogP contribution in [-0.4, -0.2) is 15.8 Å². The molecule has 0 aliphatic carbocycles. The van der Waals surface area contributed by atoms with Gasteiger partial charge in [-0.25, -0.2) is 4.68 Å². The van der Waals surface area contributed by atoms with E-state index in [9.17, 15) is 4.79 Å². The van der Waals surface area contributed by atoms with Crippen LogP contribution in [0.3, 0.4) is 0 Å². The molecular weight excluding hydrogens is 226 g/mol. The van der Waals surface area contributed by atoms with E-state index in [0.29, 0.717) is 5.69 Å². The van der Waals surface area contributed by atoms with Crippen molar-refractivity contribution in [1.29, 1.82) is 0 Å². The van der Waals surface area contributed by atoms with Crippen molar-refractivity contribution >= 4 is 17.3 Å². The maximum absolute atomic E-state index is 11.8. The molecule has 1 atom stereocenters. The summed E-state index contributed by atoms with van der Waals surface area (Å²) in [6.45, 7) is 9.32. The third kappa shape index (κ3) is 2.64. The Labute approximate surface area is 99.9 Å². The normalized spacial score (nSPS) is 12.6. The van der Waals surface area contributed by atoms with Crippen molar-refractivity contribution < 1.29 is 0 Å². The van der Waals surface area contributed by atoms with E-state index in [1.165, 1.54) is 4.68 Å². The summed E-state index contributed by atoms with van der Waals surface area (Å²) in [6, 6.07) is 0.0319. The van der Waals surface area contributed by atoms with E-state index in [0.717, 1.165) is 0 Å². The highest BCUT2D eigenvalue weighted by Gasteiger charge is 2.11. The van der Waals surface area contributed by atoms with Crippen LogP contribution in [0.25, 0.3) is 0 Å². The Balaban J connectivity index is 3.12. The number of hydrogen-bond acceptors (Lipinski definition) is 3. The van der Waals surface area contributed by atoms with Gasteiger partial charge in [0.15, 0.2) is 0 Å². The van der Waals surface area contributed by atoms with Gasteiger partial charge in [0.05, 0.1) is 17.9 Å². The standard InChI is InChI=1S/C11H16ClN3O/c1-5-8(4)14-9-6-13-15(7(2)3)11(16)10(9)12/h5-8,14H,1H2,2-4H3. The second-order valence-electron chi connectivity index (χ2n) is 3.88. The molecule has 16 heavy (non-hydrogen) atoms. The van der Waals surface area contributed by atoms with Crippen molar-refractivity contribution in [2.75, 3.05) is 5.32 Å². The molecule has 0 amide bonds. The van der Waals surface area contributed by atoms with E-state index < -0.39 is 0 Å². The van der Waals surface area contributed by atoms with Crippen molar-refractivity contribution in [3.05, 3.63) is 34.2 Å². The number of nitrogens with one attached hydrogen (secondary N) is 1. The zero-order valence-electron chi connectivity index (χ0n) is 9.70. The highest BCUT2D eigenvalue weighted by molar-refractivity contribution is 6.32. The van der Waals surface area contributed by atoms with E-state index in [1.54, 1.807) is 12.3 Å². The Hall–Kier alpha value is -1.29. The van der Waals surface area contributed by atoms with Gasteiger partial charge in [-0.1, -0.05) is 17.7 Å². The van der Waals surface area contributed by atoms with Crippen LogP contribution in [0.2, 0.25) is 5.02 Å². The van der Waals surface area contributed by atoms with Crippen LogP contribution >= 0.6 is 11.6 Å². The molecule has 0 spiro atoms. The molecule has 1 rings (SSSR count). The number of hydrogen-bond donors (Lipinski definition) is 1. The summed E-state index contributed by atoms with van der Waals surface area (Å²) in [4.78, 5) is 11.8. The summed E-state index contributed by atoms with van der Waals surface area (Å²) in [6.07, 6.45) is 3.29. The van der Waals surface area contributed by atoms with Gasteiger partial charge in [0.25, 0.3) is 5.56 Å². The van der Waals surface area contributed by atoms with Gasteiger partial charge >= 0.3 is 0 Å². The van der Waals surface area contributed by atoms with E-state index in [1.807, 2.05) is 20.8 Å². The van der Waals surface area contributed by atoms with Crippen molar-refractivity contribution in [2.24, 2.45) is 0 Å². The van der Waals surface area contributed by atoms with Gasteiger partial charge in [-0.2, -0.15) is 5.10 Å². The zero-order chi connectivity index (χ0) is 12.3. The lowest BCUT2D eigenvalue weighted by Crippen LogP contribution is -2.26. The Morgan fingerprint density at radius 1 is 1.56 bits per heavy atom. The molecule has 88 valence electrons. The lowest BCUT2D eigenvalue weighted by Gasteiger charge is -2.14. The van der Waals surface area contributed by atoms with Gasteiger partial charge in [-0.3, -0.25) is 4.79 Å². The average Bonchev–Trinajstić information content (AvgIpc) is 2.24. The molecule has 0 fully saturated rings. The fourth-order valence-corrected chi connectivity index (χ4v) is 1.41. The largest absolute Gasteiger partial charge is 0.376 e. The summed E-state index contributed by atoms with van der Waals surface area (Å²) in [5.41, 5.74) is 0.258. The van der Waals surface area contributed by atoms with Gasteiger partial charge in [-0.05, 0) is 20.8 Å². The zero-order valence-corrected chi connectivity index (χ0v) is 10.5. The quantitative estimate of drug-likeness (QED) is 0.824. The van der Waals surface area contributed by atoms with Crippen molar-refractivity contribution in [3.8, 4) is 0 Å². The molecule has 4 nitrogen and oxygen atoms in total. The predicted molar refractivity (Wildman–Crippen MR) is 67.2 cm³/mol. The van der Waals surface area contributed by atoms with Gasteiger partial charge in [-0.15, -0.1) is 6.58 Å². The maximum Gasteiger partial charge on any atom is 0.287 e. The topological polar surface area (TPSA) is 46.9 Å². The molecule has 0 aliphatic rings. The Morgan fingerprint density at radius 2 is 2.19 bits per heavy atom. The molecule has 5 heteroatoms. The smallest absolute Gasteiger partial charge is 0.287 e. The van der Waals surface area contributed by atoms with E-state index in [2.05, 4.69) is 17.0 Å². The first-order chi connectivity index (χ1) is 7.47. The number of nitrogens with zero attached hydrogens (tertiary/aromatic N) is 2. The fourth-order valence-electron chi connectivity index (χ4n) is 1.22. The summed E-state index contributed by atoms with van der Waals surface area (Å²) in [5, 5.41) is 7.25. The molecular formula is C11H16ClN3O. The molecule has 0 aliphatic heterocycles. The molecule has 1 unspecified atom stereocenters. The third-order valence-electron chi connectivity index (χ3n) is 2.17. The molecule has 0 radical (unpaired) electrons. The highest BCUT2D eigenvalue weighted by atomic mass is 35.5. The molecule has 0 aromatic carbocycles. The molecule has 1 aromatic rings. The highest BCUT2D eigenvalue weighted by Crippen LogP contribution is 2.17. The van der Waals surface area contributed by atoms with E-state index in [4.69, 9.17) is 11.6 Å². The van der Waals surface area contributed by atoms with Crippen molar-refractivity contribution in [1.82, 2.24) is 9.78 Å². The van der Waals surface area contributed by atoms with Crippen LogP contribution in [0.1, 0.15) is 26.8 Å². The number of aromatic nitrogens is 2. The van der Waals surface area contributed by atoms with Gasteiger partial charge in [0, 0.05) is 6.04 Å².